The molecule has 0 bridgehead atoms. The number of pyridine rings is 1. The number of carbonyl (C=O) groups excluding carboxylic acids is 2. The van der Waals surface area contributed by atoms with E-state index in [0.29, 0.717) is 18.5 Å². The van der Waals surface area contributed by atoms with Gasteiger partial charge in [-0.1, -0.05) is 44.9 Å². The van der Waals surface area contributed by atoms with Crippen molar-refractivity contribution in [3.05, 3.63) is 66.0 Å². The largest absolute Gasteiger partial charge is 0.497 e. The van der Waals surface area contributed by atoms with Crippen molar-refractivity contribution in [1.82, 2.24) is 15.6 Å². The van der Waals surface area contributed by atoms with Crippen LogP contribution in [0.2, 0.25) is 0 Å². The number of fused-ring (bicyclic) bond motifs is 5. The van der Waals surface area contributed by atoms with Crippen molar-refractivity contribution in [3.8, 4) is 5.75 Å². The number of nitrogens with one attached hydrogen (secondary N) is 2. The van der Waals surface area contributed by atoms with E-state index in [2.05, 4.69) is 52.6 Å². The molecule has 1 saturated carbocycles. The number of unbranched alkanes of at least 4 members (excludes halogenated alkanes) is 1. The summed E-state index contributed by atoms with van der Waals surface area (Å²) >= 11 is 0. The van der Waals surface area contributed by atoms with E-state index in [0.717, 1.165) is 36.3 Å². The number of esters is 1. The average molecular weight is 563 g/mol. The Bertz CT molecular complexity index is 1320. The monoisotopic (exact) mass is 562 g/mol. The zero-order valence-corrected chi connectivity index (χ0v) is 24.6. The minimum atomic E-state index is -1.65. The summed E-state index contributed by atoms with van der Waals surface area (Å²) in [7, 11) is 3.63. The van der Waals surface area contributed by atoms with Crippen LogP contribution in [0.25, 0.3) is 0 Å². The molecule has 1 fully saturated rings. The SMILES string of the molecule is CCCC[C@]12c3ccc(OC)cc3N(C)[C@H]1[C@@](O)(CNC(=O)c1ccncc1)[C@H](OC(C)=O)C1(CC)C=CCN[C@@H]12. The molecule has 6 atom stereocenters. The van der Waals surface area contributed by atoms with Gasteiger partial charge in [-0.3, -0.25) is 14.6 Å². The Kier molecular flexibility index (Phi) is 7.87. The smallest absolute Gasteiger partial charge is 0.303 e. The highest BCUT2D eigenvalue weighted by molar-refractivity contribution is 5.94. The van der Waals surface area contributed by atoms with Gasteiger partial charge in [0.15, 0.2) is 0 Å². The third kappa shape index (κ3) is 4.41. The maximum atomic E-state index is 13.3. The summed E-state index contributed by atoms with van der Waals surface area (Å²) in [5.74, 6) is -0.0732. The van der Waals surface area contributed by atoms with Gasteiger partial charge in [0.1, 0.15) is 17.5 Å². The van der Waals surface area contributed by atoms with Gasteiger partial charge >= 0.3 is 5.97 Å². The lowest BCUT2D eigenvalue weighted by atomic mass is 9.46. The number of ether oxygens (including phenoxy) is 2. The van der Waals surface area contributed by atoms with E-state index in [9.17, 15) is 14.7 Å². The molecule has 5 rings (SSSR count). The third-order valence-electron chi connectivity index (χ3n) is 9.61. The van der Waals surface area contributed by atoms with E-state index in [4.69, 9.17) is 9.47 Å². The molecule has 3 aliphatic rings. The highest BCUT2D eigenvalue weighted by Crippen LogP contribution is 2.64. The van der Waals surface area contributed by atoms with Crippen LogP contribution in [0.1, 0.15) is 62.4 Å². The second kappa shape index (κ2) is 11.1. The standard InChI is InChI=1S/C32H42N4O5/c1-6-8-15-31-24-11-10-23(40-5)19-25(24)36(4)28(31)32(39,20-35-26(38)22-12-17-33-18-13-22)29(41-21(3)37)30(7-2)14-9-16-34-27(30)31/h9-14,17-19,27-29,34,39H,6-8,15-16,20H2,1-5H3,(H,35,38)/t27-,28+,29+,30?,31+,32-/m0/s1. The zero-order valence-electron chi connectivity index (χ0n) is 24.6. The van der Waals surface area contributed by atoms with Crippen molar-refractivity contribution in [1.29, 1.82) is 0 Å². The number of hydrogen-bond acceptors (Lipinski definition) is 8. The number of likely N-dealkylation sites (N-methyl/N-ethyl adjacent to an activating group) is 1. The molecule has 2 aliphatic heterocycles. The fraction of sp³-hybridized carbons (Fsp3) is 0.531. The first-order valence-electron chi connectivity index (χ1n) is 14.6. The van der Waals surface area contributed by atoms with Gasteiger partial charge in [-0.15, -0.1) is 0 Å². The number of aliphatic hydroxyl groups is 1. The van der Waals surface area contributed by atoms with Gasteiger partial charge in [-0.05, 0) is 36.6 Å². The van der Waals surface area contributed by atoms with E-state index in [1.54, 1.807) is 31.6 Å². The summed E-state index contributed by atoms with van der Waals surface area (Å²) in [5, 5.41) is 20.0. The fourth-order valence-electron chi connectivity index (χ4n) is 8.10. The Morgan fingerprint density at radius 3 is 2.63 bits per heavy atom. The van der Waals surface area contributed by atoms with Crippen LogP contribution in [0, 0.1) is 5.41 Å². The number of anilines is 1. The van der Waals surface area contributed by atoms with Gasteiger partial charge < -0.3 is 30.1 Å². The van der Waals surface area contributed by atoms with Crippen molar-refractivity contribution in [2.75, 3.05) is 32.1 Å². The first-order chi connectivity index (χ1) is 19.7. The average Bonchev–Trinajstić information content (AvgIpc) is 3.25. The van der Waals surface area contributed by atoms with Gasteiger partial charge in [0.25, 0.3) is 5.91 Å². The lowest BCUT2D eigenvalue weighted by molar-refractivity contribution is -0.214. The predicted octanol–water partition coefficient (Wildman–Crippen LogP) is 3.37. The third-order valence-corrected chi connectivity index (χ3v) is 9.61. The number of amides is 1. The van der Waals surface area contributed by atoms with E-state index in [1.165, 1.54) is 6.92 Å². The number of rotatable bonds is 9. The fourth-order valence-corrected chi connectivity index (χ4v) is 8.10. The number of aromatic nitrogens is 1. The molecule has 0 radical (unpaired) electrons. The summed E-state index contributed by atoms with van der Waals surface area (Å²) in [4.78, 5) is 32.1. The second-order valence-electron chi connectivity index (χ2n) is 11.6. The quantitative estimate of drug-likeness (QED) is 0.315. The molecule has 2 aromatic rings. The van der Waals surface area contributed by atoms with Crippen molar-refractivity contribution in [3.63, 3.8) is 0 Å². The van der Waals surface area contributed by atoms with Crippen LogP contribution in [0.4, 0.5) is 5.69 Å². The molecule has 220 valence electrons. The minimum Gasteiger partial charge on any atom is -0.497 e. The lowest BCUT2D eigenvalue weighted by Crippen LogP contribution is -2.82. The van der Waals surface area contributed by atoms with Crippen LogP contribution in [0.3, 0.4) is 0 Å². The maximum absolute atomic E-state index is 13.3. The van der Waals surface area contributed by atoms with E-state index in [1.807, 2.05) is 19.2 Å². The Balaban J connectivity index is 1.74. The van der Waals surface area contributed by atoms with Crippen LogP contribution >= 0.6 is 0 Å². The first-order valence-corrected chi connectivity index (χ1v) is 14.6. The highest BCUT2D eigenvalue weighted by atomic mass is 16.6. The number of carbonyl (C=O) groups is 2. The van der Waals surface area contributed by atoms with Crippen molar-refractivity contribution in [2.45, 2.75) is 75.7 Å². The Morgan fingerprint density at radius 1 is 1.22 bits per heavy atom. The molecule has 1 aromatic carbocycles. The van der Waals surface area contributed by atoms with Crippen LogP contribution in [-0.2, 0) is 14.9 Å². The van der Waals surface area contributed by atoms with Gasteiger partial charge in [0, 0.05) is 67.1 Å². The molecule has 3 heterocycles. The molecule has 3 N–H and O–H groups in total. The first kappa shape index (κ1) is 29.1. The minimum absolute atomic E-state index is 0.109. The summed E-state index contributed by atoms with van der Waals surface area (Å²) in [6.45, 7) is 6.20. The van der Waals surface area contributed by atoms with Crippen LogP contribution in [0.15, 0.2) is 54.9 Å². The molecule has 1 amide bonds. The molecule has 0 spiro atoms. The number of hydrogen-bond donors (Lipinski definition) is 3. The van der Waals surface area contributed by atoms with Crippen LogP contribution in [-0.4, -0.2) is 73.0 Å². The van der Waals surface area contributed by atoms with Gasteiger partial charge in [0.2, 0.25) is 0 Å². The predicted molar refractivity (Wildman–Crippen MR) is 157 cm³/mol. The van der Waals surface area contributed by atoms with Gasteiger partial charge in [0.05, 0.1) is 19.7 Å². The summed E-state index contributed by atoms with van der Waals surface area (Å²) in [6, 6.07) is 8.74. The molecule has 41 heavy (non-hydrogen) atoms. The molecule has 1 aliphatic carbocycles. The van der Waals surface area contributed by atoms with Crippen LogP contribution < -0.4 is 20.3 Å². The molecule has 9 nitrogen and oxygen atoms in total. The van der Waals surface area contributed by atoms with Crippen molar-refractivity contribution >= 4 is 17.6 Å². The Hall–Kier alpha value is -3.43. The Morgan fingerprint density at radius 2 is 1.98 bits per heavy atom. The molecule has 1 unspecified atom stereocenters. The number of benzene rings is 1. The zero-order chi connectivity index (χ0) is 29.4. The maximum Gasteiger partial charge on any atom is 0.303 e. The van der Waals surface area contributed by atoms with Crippen LogP contribution in [0.5, 0.6) is 5.75 Å². The van der Waals surface area contributed by atoms with Crippen molar-refractivity contribution < 1.29 is 24.2 Å². The summed E-state index contributed by atoms with van der Waals surface area (Å²) < 4.78 is 11.8. The summed E-state index contributed by atoms with van der Waals surface area (Å²) in [6.07, 6.45) is 9.75. The molecule has 9 heteroatoms. The van der Waals surface area contributed by atoms with Gasteiger partial charge in [-0.25, -0.2) is 0 Å². The van der Waals surface area contributed by atoms with E-state index >= 15 is 0 Å². The second-order valence-corrected chi connectivity index (χ2v) is 11.6. The highest BCUT2D eigenvalue weighted by Gasteiger charge is 2.74. The molecular formula is C32H42N4O5. The van der Waals surface area contributed by atoms with Crippen molar-refractivity contribution in [2.24, 2.45) is 5.41 Å². The van der Waals surface area contributed by atoms with E-state index in [-0.39, 0.29) is 18.5 Å². The Labute approximate surface area is 242 Å². The number of nitrogens with zero attached hydrogens (tertiary/aromatic N) is 2. The number of methoxy groups -OCH3 is 1. The topological polar surface area (TPSA) is 113 Å². The molecule has 0 saturated heterocycles. The normalized spacial score (nSPS) is 31.6. The van der Waals surface area contributed by atoms with Gasteiger partial charge in [-0.2, -0.15) is 0 Å². The summed E-state index contributed by atoms with van der Waals surface area (Å²) in [5.41, 5.74) is -0.402. The van der Waals surface area contributed by atoms with E-state index < -0.39 is 34.5 Å². The lowest BCUT2D eigenvalue weighted by Gasteiger charge is -2.65. The molecule has 1 aromatic heterocycles. The molecular weight excluding hydrogens is 520 g/mol.